The van der Waals surface area contributed by atoms with Crippen LogP contribution in [0, 0.1) is 6.92 Å². The molecule has 156 valence electrons. The first-order valence-electron chi connectivity index (χ1n) is 10.9. The molecule has 0 saturated carbocycles. The van der Waals surface area contributed by atoms with E-state index in [1.807, 2.05) is 12.1 Å². The number of hydrogen-bond acceptors (Lipinski definition) is 4. The van der Waals surface area contributed by atoms with Crippen molar-refractivity contribution in [1.82, 2.24) is 9.80 Å². The molecule has 0 bridgehead atoms. The van der Waals surface area contributed by atoms with Crippen molar-refractivity contribution in [2.75, 3.05) is 75.2 Å². The molecule has 0 unspecified atom stereocenters. The molecule has 2 saturated heterocycles. The molecule has 2 aromatic rings. The van der Waals surface area contributed by atoms with Crippen LogP contribution in [0.25, 0.3) is 0 Å². The zero-order valence-corrected chi connectivity index (χ0v) is 18.3. The fraction of sp³-hybridized carbons (Fsp3) is 0.500. The molecule has 29 heavy (non-hydrogen) atoms. The summed E-state index contributed by atoms with van der Waals surface area (Å²) in [4.78, 5) is 10.2. The van der Waals surface area contributed by atoms with Gasteiger partial charge in [0.2, 0.25) is 0 Å². The highest BCUT2D eigenvalue weighted by atomic mass is 35.5. The summed E-state index contributed by atoms with van der Waals surface area (Å²) in [6, 6.07) is 17.2. The standard InChI is InChI=1S/C24H33ClN4/c1-21-6-8-23(9-7-21)28-16-12-26(13-17-28)10-3-11-27-14-18-29(19-15-27)24-5-2-4-22(25)20-24/h2,4-9,20H,3,10-19H2,1H3. The molecule has 0 radical (unpaired) electrons. The highest BCUT2D eigenvalue weighted by molar-refractivity contribution is 6.30. The van der Waals surface area contributed by atoms with Crippen LogP contribution in [0.1, 0.15) is 12.0 Å². The van der Waals surface area contributed by atoms with E-state index in [9.17, 15) is 0 Å². The summed E-state index contributed by atoms with van der Waals surface area (Å²) >= 11 is 6.14. The minimum Gasteiger partial charge on any atom is -0.369 e. The Balaban J connectivity index is 1.13. The second kappa shape index (κ2) is 9.84. The zero-order valence-electron chi connectivity index (χ0n) is 17.6. The van der Waals surface area contributed by atoms with Crippen molar-refractivity contribution in [2.45, 2.75) is 13.3 Å². The Hall–Kier alpha value is -1.75. The van der Waals surface area contributed by atoms with Crippen LogP contribution in [0.2, 0.25) is 5.02 Å². The Kier molecular flexibility index (Phi) is 6.96. The summed E-state index contributed by atoms with van der Waals surface area (Å²) in [5.74, 6) is 0. The van der Waals surface area contributed by atoms with Crippen LogP contribution in [-0.4, -0.2) is 75.2 Å². The van der Waals surface area contributed by atoms with E-state index < -0.39 is 0 Å². The second-order valence-corrected chi connectivity index (χ2v) is 8.76. The fourth-order valence-electron chi connectivity index (χ4n) is 4.41. The molecule has 2 fully saturated rings. The summed E-state index contributed by atoms with van der Waals surface area (Å²) in [6.45, 7) is 13.7. The number of benzene rings is 2. The number of anilines is 2. The van der Waals surface area contributed by atoms with Crippen LogP contribution in [0.3, 0.4) is 0 Å². The van der Waals surface area contributed by atoms with Crippen LogP contribution in [0.4, 0.5) is 11.4 Å². The van der Waals surface area contributed by atoms with Crippen molar-refractivity contribution < 1.29 is 0 Å². The lowest BCUT2D eigenvalue weighted by Crippen LogP contribution is -2.48. The molecular weight excluding hydrogens is 380 g/mol. The van der Waals surface area contributed by atoms with Gasteiger partial charge in [-0.1, -0.05) is 35.4 Å². The van der Waals surface area contributed by atoms with Crippen molar-refractivity contribution >= 4 is 23.0 Å². The van der Waals surface area contributed by atoms with Gasteiger partial charge in [-0.05, 0) is 56.8 Å². The molecule has 5 heteroatoms. The SMILES string of the molecule is Cc1ccc(N2CCN(CCCN3CCN(c4cccc(Cl)c4)CC3)CC2)cc1. The van der Waals surface area contributed by atoms with Gasteiger partial charge in [0.1, 0.15) is 0 Å². The highest BCUT2D eigenvalue weighted by Gasteiger charge is 2.19. The Morgan fingerprint density at radius 1 is 0.690 bits per heavy atom. The third-order valence-electron chi connectivity index (χ3n) is 6.27. The molecule has 0 atom stereocenters. The molecule has 4 rings (SSSR count). The number of halogens is 1. The highest BCUT2D eigenvalue weighted by Crippen LogP contribution is 2.21. The number of aryl methyl sites for hydroxylation is 1. The monoisotopic (exact) mass is 412 g/mol. The van der Waals surface area contributed by atoms with Crippen molar-refractivity contribution in [3.63, 3.8) is 0 Å². The Morgan fingerprint density at radius 2 is 1.24 bits per heavy atom. The van der Waals surface area contributed by atoms with Gasteiger partial charge in [0.05, 0.1) is 0 Å². The van der Waals surface area contributed by atoms with E-state index in [0.717, 1.165) is 44.3 Å². The summed E-state index contributed by atoms with van der Waals surface area (Å²) < 4.78 is 0. The lowest BCUT2D eigenvalue weighted by Gasteiger charge is -2.38. The van der Waals surface area contributed by atoms with Gasteiger partial charge in [-0.25, -0.2) is 0 Å². The van der Waals surface area contributed by atoms with Crippen LogP contribution in [0.5, 0.6) is 0 Å². The Morgan fingerprint density at radius 3 is 1.79 bits per heavy atom. The average Bonchev–Trinajstić information content (AvgIpc) is 2.75. The number of hydrogen-bond donors (Lipinski definition) is 0. The maximum absolute atomic E-state index is 6.14. The first-order valence-corrected chi connectivity index (χ1v) is 11.3. The zero-order chi connectivity index (χ0) is 20.1. The van der Waals surface area contributed by atoms with Crippen LogP contribution in [-0.2, 0) is 0 Å². The minimum atomic E-state index is 0.826. The third kappa shape index (κ3) is 5.65. The predicted molar refractivity (Wildman–Crippen MR) is 125 cm³/mol. The van der Waals surface area contributed by atoms with Crippen molar-refractivity contribution in [2.24, 2.45) is 0 Å². The van der Waals surface area contributed by atoms with E-state index in [1.165, 1.54) is 49.5 Å². The van der Waals surface area contributed by atoms with E-state index in [2.05, 4.69) is 62.9 Å². The molecule has 2 aliphatic heterocycles. The number of nitrogens with zero attached hydrogens (tertiary/aromatic N) is 4. The van der Waals surface area contributed by atoms with Crippen molar-refractivity contribution in [3.8, 4) is 0 Å². The van der Waals surface area contributed by atoms with Gasteiger partial charge in [0.25, 0.3) is 0 Å². The quantitative estimate of drug-likeness (QED) is 0.711. The molecule has 0 amide bonds. The van der Waals surface area contributed by atoms with Crippen molar-refractivity contribution in [1.29, 1.82) is 0 Å². The molecule has 2 aliphatic rings. The molecule has 4 nitrogen and oxygen atoms in total. The topological polar surface area (TPSA) is 13.0 Å². The van der Waals surface area contributed by atoms with Gasteiger partial charge >= 0.3 is 0 Å². The average molecular weight is 413 g/mol. The van der Waals surface area contributed by atoms with Gasteiger partial charge in [0.15, 0.2) is 0 Å². The molecule has 0 N–H and O–H groups in total. The molecule has 0 aliphatic carbocycles. The Bertz CT molecular complexity index is 763. The molecule has 0 aromatic heterocycles. The Labute approximate surface area is 180 Å². The summed E-state index contributed by atoms with van der Waals surface area (Å²) in [7, 11) is 0. The number of rotatable bonds is 6. The maximum Gasteiger partial charge on any atom is 0.0426 e. The predicted octanol–water partition coefficient (Wildman–Crippen LogP) is 3.98. The van der Waals surface area contributed by atoms with Gasteiger partial charge < -0.3 is 9.80 Å². The second-order valence-electron chi connectivity index (χ2n) is 8.33. The lowest BCUT2D eigenvalue weighted by molar-refractivity contribution is 0.213. The van der Waals surface area contributed by atoms with Gasteiger partial charge in [0, 0.05) is 68.8 Å². The summed E-state index contributed by atoms with van der Waals surface area (Å²) in [5.41, 5.74) is 3.96. The van der Waals surface area contributed by atoms with Gasteiger partial charge in [-0.2, -0.15) is 0 Å². The molecule has 2 heterocycles. The molecule has 2 aromatic carbocycles. The molecule has 0 spiro atoms. The first kappa shape index (κ1) is 20.5. The number of piperazine rings is 2. The van der Waals surface area contributed by atoms with E-state index in [1.54, 1.807) is 0 Å². The van der Waals surface area contributed by atoms with Crippen LogP contribution >= 0.6 is 11.6 Å². The smallest absolute Gasteiger partial charge is 0.0426 e. The summed E-state index contributed by atoms with van der Waals surface area (Å²) in [6.07, 6.45) is 1.27. The van der Waals surface area contributed by atoms with Crippen LogP contribution < -0.4 is 9.80 Å². The van der Waals surface area contributed by atoms with E-state index in [-0.39, 0.29) is 0 Å². The van der Waals surface area contributed by atoms with Gasteiger partial charge in [-0.3, -0.25) is 9.80 Å². The summed E-state index contributed by atoms with van der Waals surface area (Å²) in [5, 5.41) is 0.826. The largest absolute Gasteiger partial charge is 0.369 e. The molecular formula is C24H33ClN4. The lowest BCUT2D eigenvalue weighted by atomic mass is 10.2. The first-order chi connectivity index (χ1) is 14.2. The van der Waals surface area contributed by atoms with Crippen LogP contribution in [0.15, 0.2) is 48.5 Å². The van der Waals surface area contributed by atoms with Crippen molar-refractivity contribution in [3.05, 3.63) is 59.1 Å². The van der Waals surface area contributed by atoms with Gasteiger partial charge in [-0.15, -0.1) is 0 Å². The third-order valence-corrected chi connectivity index (χ3v) is 6.50. The van der Waals surface area contributed by atoms with E-state index in [4.69, 9.17) is 11.6 Å². The normalized spacial score (nSPS) is 19.0. The maximum atomic E-state index is 6.14. The fourth-order valence-corrected chi connectivity index (χ4v) is 4.59. The van der Waals surface area contributed by atoms with E-state index >= 15 is 0 Å². The minimum absolute atomic E-state index is 0.826. The van der Waals surface area contributed by atoms with E-state index in [0.29, 0.717) is 0 Å².